The highest BCUT2D eigenvalue weighted by molar-refractivity contribution is 7.10. The minimum atomic E-state index is 0.461. The molecule has 1 saturated carbocycles. The van der Waals surface area contributed by atoms with Crippen molar-refractivity contribution in [1.29, 1.82) is 0 Å². The topological polar surface area (TPSA) is 12.0 Å². The highest BCUT2D eigenvalue weighted by atomic mass is 32.1. The molecule has 1 heterocycles. The van der Waals surface area contributed by atoms with Crippen LogP contribution in [0.4, 0.5) is 0 Å². The van der Waals surface area contributed by atoms with Gasteiger partial charge in [0.25, 0.3) is 0 Å². The first-order chi connectivity index (χ1) is 8.67. The quantitative estimate of drug-likeness (QED) is 0.784. The normalized spacial score (nSPS) is 20.8. The van der Waals surface area contributed by atoms with Crippen molar-refractivity contribution in [1.82, 2.24) is 5.32 Å². The lowest BCUT2D eigenvalue weighted by Gasteiger charge is -2.41. The van der Waals surface area contributed by atoms with E-state index in [4.69, 9.17) is 0 Å². The molecule has 1 unspecified atom stereocenters. The summed E-state index contributed by atoms with van der Waals surface area (Å²) in [7, 11) is 0. The first-order valence-electron chi connectivity index (χ1n) is 7.45. The Balaban J connectivity index is 2.21. The van der Waals surface area contributed by atoms with Crippen molar-refractivity contribution in [3.63, 3.8) is 0 Å². The van der Waals surface area contributed by atoms with Gasteiger partial charge in [-0.3, -0.25) is 0 Å². The van der Waals surface area contributed by atoms with E-state index in [1.807, 2.05) is 11.3 Å². The summed E-state index contributed by atoms with van der Waals surface area (Å²) in [4.78, 5) is 1.58. The fourth-order valence-corrected chi connectivity index (χ4v) is 4.45. The molecule has 1 aromatic rings. The zero-order valence-electron chi connectivity index (χ0n) is 12.1. The van der Waals surface area contributed by atoms with Crippen molar-refractivity contribution in [2.75, 3.05) is 6.54 Å². The van der Waals surface area contributed by atoms with E-state index in [1.165, 1.54) is 44.1 Å². The van der Waals surface area contributed by atoms with Crippen molar-refractivity contribution in [2.45, 2.75) is 65.3 Å². The molecular weight excluding hydrogens is 238 g/mol. The van der Waals surface area contributed by atoms with Crippen LogP contribution in [-0.2, 0) is 0 Å². The monoisotopic (exact) mass is 265 g/mol. The summed E-state index contributed by atoms with van der Waals surface area (Å²) in [5.41, 5.74) is 1.93. The molecule has 18 heavy (non-hydrogen) atoms. The Labute approximate surface area is 116 Å². The van der Waals surface area contributed by atoms with Crippen LogP contribution in [0.2, 0.25) is 0 Å². The fourth-order valence-electron chi connectivity index (χ4n) is 3.27. The Morgan fingerprint density at radius 3 is 2.61 bits per heavy atom. The first kappa shape index (κ1) is 14.1. The molecule has 1 aromatic heterocycles. The predicted octanol–water partition coefficient (Wildman–Crippen LogP) is 5.07. The Kier molecular flexibility index (Phi) is 4.85. The second kappa shape index (κ2) is 6.21. The van der Waals surface area contributed by atoms with Gasteiger partial charge in [0.1, 0.15) is 0 Å². The van der Waals surface area contributed by atoms with Crippen molar-refractivity contribution >= 4 is 11.3 Å². The van der Waals surface area contributed by atoms with Gasteiger partial charge in [0.05, 0.1) is 0 Å². The zero-order valence-corrected chi connectivity index (χ0v) is 12.9. The number of thiophene rings is 1. The van der Waals surface area contributed by atoms with Crippen LogP contribution in [0.3, 0.4) is 0 Å². The fraction of sp³-hybridized carbons (Fsp3) is 0.750. The van der Waals surface area contributed by atoms with Gasteiger partial charge in [-0.1, -0.05) is 33.1 Å². The van der Waals surface area contributed by atoms with Crippen LogP contribution in [0.1, 0.15) is 68.9 Å². The SMILES string of the molecule is CCCNC(c1sccc1C)C1(C)CCCCC1. The van der Waals surface area contributed by atoms with Gasteiger partial charge in [0.15, 0.2) is 0 Å². The van der Waals surface area contributed by atoms with Gasteiger partial charge in [-0.15, -0.1) is 11.3 Å². The van der Waals surface area contributed by atoms with Gasteiger partial charge in [-0.2, -0.15) is 0 Å². The van der Waals surface area contributed by atoms with Gasteiger partial charge >= 0.3 is 0 Å². The van der Waals surface area contributed by atoms with Crippen LogP contribution in [0.25, 0.3) is 0 Å². The smallest absolute Gasteiger partial charge is 0.0472 e. The average molecular weight is 265 g/mol. The van der Waals surface area contributed by atoms with Gasteiger partial charge < -0.3 is 5.32 Å². The first-order valence-corrected chi connectivity index (χ1v) is 8.33. The summed E-state index contributed by atoms with van der Waals surface area (Å²) in [5, 5.41) is 6.08. The highest BCUT2D eigenvalue weighted by Gasteiger charge is 2.37. The lowest BCUT2D eigenvalue weighted by molar-refractivity contribution is 0.146. The van der Waals surface area contributed by atoms with E-state index >= 15 is 0 Å². The zero-order chi connectivity index (χ0) is 13.0. The summed E-state index contributed by atoms with van der Waals surface area (Å²) in [6.45, 7) is 8.16. The summed E-state index contributed by atoms with van der Waals surface area (Å²) in [6, 6.07) is 2.84. The van der Waals surface area contributed by atoms with Crippen molar-refractivity contribution in [3.05, 3.63) is 21.9 Å². The molecule has 1 N–H and O–H groups in total. The highest BCUT2D eigenvalue weighted by Crippen LogP contribution is 2.47. The molecule has 1 atom stereocenters. The largest absolute Gasteiger partial charge is 0.309 e. The van der Waals surface area contributed by atoms with Crippen LogP contribution in [0.15, 0.2) is 11.4 Å². The summed E-state index contributed by atoms with van der Waals surface area (Å²) in [6.07, 6.45) is 8.23. The van der Waals surface area contributed by atoms with Crippen LogP contribution in [-0.4, -0.2) is 6.54 Å². The molecule has 0 saturated heterocycles. The summed E-state index contributed by atoms with van der Waals surface area (Å²) < 4.78 is 0. The third-order valence-electron chi connectivity index (χ3n) is 4.46. The van der Waals surface area contributed by atoms with Crippen molar-refractivity contribution < 1.29 is 0 Å². The van der Waals surface area contributed by atoms with Crippen LogP contribution >= 0.6 is 11.3 Å². The van der Waals surface area contributed by atoms with Crippen LogP contribution in [0.5, 0.6) is 0 Å². The number of rotatable bonds is 5. The molecule has 1 aliphatic rings. The maximum atomic E-state index is 3.83. The van der Waals surface area contributed by atoms with Gasteiger partial charge in [-0.05, 0) is 55.2 Å². The molecule has 0 spiro atoms. The molecule has 0 aromatic carbocycles. The molecule has 102 valence electrons. The van der Waals surface area contributed by atoms with Crippen molar-refractivity contribution in [2.24, 2.45) is 5.41 Å². The van der Waals surface area contributed by atoms with Gasteiger partial charge in [0.2, 0.25) is 0 Å². The van der Waals surface area contributed by atoms with E-state index in [0.29, 0.717) is 11.5 Å². The van der Waals surface area contributed by atoms with Gasteiger partial charge in [0, 0.05) is 10.9 Å². The second-order valence-corrected chi connectivity index (χ2v) is 7.02. The molecule has 2 heteroatoms. The van der Waals surface area contributed by atoms with Crippen LogP contribution in [0, 0.1) is 12.3 Å². The Hall–Kier alpha value is -0.340. The number of hydrogen-bond donors (Lipinski definition) is 1. The molecule has 1 fully saturated rings. The van der Waals surface area contributed by atoms with E-state index in [-0.39, 0.29) is 0 Å². The van der Waals surface area contributed by atoms with E-state index in [0.717, 1.165) is 6.54 Å². The van der Waals surface area contributed by atoms with Crippen LogP contribution < -0.4 is 5.32 Å². The number of aryl methyl sites for hydroxylation is 1. The molecule has 0 radical (unpaired) electrons. The maximum Gasteiger partial charge on any atom is 0.0472 e. The molecule has 1 nitrogen and oxygen atoms in total. The Morgan fingerprint density at radius 1 is 1.33 bits per heavy atom. The maximum absolute atomic E-state index is 3.83. The minimum absolute atomic E-state index is 0.461. The number of hydrogen-bond acceptors (Lipinski definition) is 2. The average Bonchev–Trinajstić information content (AvgIpc) is 2.77. The molecule has 0 bridgehead atoms. The Bertz CT molecular complexity index is 363. The minimum Gasteiger partial charge on any atom is -0.309 e. The summed E-state index contributed by atoms with van der Waals surface area (Å²) >= 11 is 1.94. The lowest BCUT2D eigenvalue weighted by atomic mass is 9.69. The standard InChI is InChI=1S/C16H27NS/c1-4-11-17-15(14-13(2)8-12-18-14)16(3)9-6-5-7-10-16/h8,12,15,17H,4-7,9-11H2,1-3H3. The summed E-state index contributed by atoms with van der Waals surface area (Å²) in [5.74, 6) is 0. The third-order valence-corrected chi connectivity index (χ3v) is 5.54. The molecule has 2 rings (SSSR count). The van der Waals surface area contributed by atoms with Crippen molar-refractivity contribution in [3.8, 4) is 0 Å². The molecular formula is C16H27NS. The van der Waals surface area contributed by atoms with E-state index in [2.05, 4.69) is 37.5 Å². The van der Waals surface area contributed by atoms with Gasteiger partial charge in [-0.25, -0.2) is 0 Å². The second-order valence-electron chi connectivity index (χ2n) is 6.07. The van der Waals surface area contributed by atoms with E-state index < -0.39 is 0 Å². The third kappa shape index (κ3) is 2.97. The number of nitrogens with one attached hydrogen (secondary N) is 1. The molecule has 1 aliphatic carbocycles. The predicted molar refractivity (Wildman–Crippen MR) is 81.3 cm³/mol. The lowest BCUT2D eigenvalue weighted by Crippen LogP contribution is -2.38. The molecule has 0 amide bonds. The molecule has 0 aliphatic heterocycles. The van der Waals surface area contributed by atoms with E-state index in [9.17, 15) is 0 Å². The Morgan fingerprint density at radius 2 is 2.06 bits per heavy atom. The van der Waals surface area contributed by atoms with E-state index in [1.54, 1.807) is 4.88 Å².